The van der Waals surface area contributed by atoms with Gasteiger partial charge in [-0.25, -0.2) is 4.79 Å². The number of esters is 1. The number of aromatic nitrogens is 1. The van der Waals surface area contributed by atoms with Gasteiger partial charge in [0.1, 0.15) is 5.69 Å². The summed E-state index contributed by atoms with van der Waals surface area (Å²) in [7, 11) is 1.34. The lowest BCUT2D eigenvalue weighted by atomic mass is 10.0. The van der Waals surface area contributed by atoms with E-state index in [4.69, 9.17) is 4.74 Å². The van der Waals surface area contributed by atoms with Gasteiger partial charge in [0.2, 0.25) is 0 Å². The number of hydrogen-bond acceptors (Lipinski definition) is 4. The standard InChI is InChI=1S/C24H31N3O4/c1-5-13-27(23(29)21-16(2)20(17(3)25-21)24(30)31-4)19-11-14-26(15-12-19)22(28)18-9-7-6-8-10-18/h6-10,19,25H,5,11-15H2,1-4H3. The number of piperidine rings is 1. The Hall–Kier alpha value is -3.09. The van der Waals surface area contributed by atoms with Crippen LogP contribution in [0, 0.1) is 13.8 Å². The number of carbonyl (C=O) groups excluding carboxylic acids is 3. The number of aryl methyl sites for hydroxylation is 1. The summed E-state index contributed by atoms with van der Waals surface area (Å²) in [5.41, 5.74) is 2.80. The summed E-state index contributed by atoms with van der Waals surface area (Å²) in [5.74, 6) is -0.517. The van der Waals surface area contributed by atoms with E-state index in [-0.39, 0.29) is 17.9 Å². The molecule has 3 rings (SSSR count). The number of carbonyl (C=O) groups is 3. The largest absolute Gasteiger partial charge is 0.465 e. The molecule has 0 unspecified atom stereocenters. The summed E-state index contributed by atoms with van der Waals surface area (Å²) < 4.78 is 4.86. The minimum absolute atomic E-state index is 0.0333. The summed E-state index contributed by atoms with van der Waals surface area (Å²) in [6.45, 7) is 7.44. The minimum atomic E-state index is -0.444. The van der Waals surface area contributed by atoms with E-state index in [9.17, 15) is 14.4 Å². The van der Waals surface area contributed by atoms with Gasteiger partial charge in [-0.05, 0) is 50.8 Å². The molecule has 1 aromatic heterocycles. The molecule has 1 fully saturated rings. The number of benzene rings is 1. The number of aromatic amines is 1. The van der Waals surface area contributed by atoms with Crippen molar-refractivity contribution < 1.29 is 19.1 Å². The highest BCUT2D eigenvalue weighted by Crippen LogP contribution is 2.24. The fourth-order valence-corrected chi connectivity index (χ4v) is 4.35. The highest BCUT2D eigenvalue weighted by atomic mass is 16.5. The van der Waals surface area contributed by atoms with Gasteiger partial charge in [-0.1, -0.05) is 25.1 Å². The van der Waals surface area contributed by atoms with Crippen molar-refractivity contribution in [1.29, 1.82) is 0 Å². The predicted octanol–water partition coefficient (Wildman–Crippen LogP) is 3.58. The van der Waals surface area contributed by atoms with Gasteiger partial charge >= 0.3 is 5.97 Å². The van der Waals surface area contributed by atoms with Crippen molar-refractivity contribution in [2.45, 2.75) is 46.1 Å². The number of ether oxygens (including phenoxy) is 1. The molecule has 0 bridgehead atoms. The van der Waals surface area contributed by atoms with Crippen LogP contribution in [0.4, 0.5) is 0 Å². The SMILES string of the molecule is CCCN(C(=O)c1[nH]c(C)c(C(=O)OC)c1C)C1CCN(C(=O)c2ccccc2)CC1. The molecule has 31 heavy (non-hydrogen) atoms. The summed E-state index contributed by atoms with van der Waals surface area (Å²) in [6, 6.07) is 9.34. The molecule has 0 spiro atoms. The lowest BCUT2D eigenvalue weighted by Crippen LogP contribution is -2.49. The Labute approximate surface area is 183 Å². The third-order valence-electron chi connectivity index (χ3n) is 5.98. The van der Waals surface area contributed by atoms with Crippen LogP contribution in [0.1, 0.15) is 68.6 Å². The zero-order valence-corrected chi connectivity index (χ0v) is 18.7. The third kappa shape index (κ3) is 4.65. The van der Waals surface area contributed by atoms with Gasteiger partial charge in [-0.2, -0.15) is 0 Å². The van der Waals surface area contributed by atoms with Crippen molar-refractivity contribution in [1.82, 2.24) is 14.8 Å². The fraction of sp³-hybridized carbons (Fsp3) is 0.458. The second-order valence-electron chi connectivity index (χ2n) is 8.00. The Morgan fingerprint density at radius 2 is 1.77 bits per heavy atom. The first-order valence-corrected chi connectivity index (χ1v) is 10.8. The molecule has 1 saturated heterocycles. The van der Waals surface area contributed by atoms with Gasteiger partial charge in [-0.3, -0.25) is 9.59 Å². The van der Waals surface area contributed by atoms with Crippen molar-refractivity contribution in [3.63, 3.8) is 0 Å². The molecule has 0 atom stereocenters. The van der Waals surface area contributed by atoms with E-state index in [1.807, 2.05) is 47.1 Å². The van der Waals surface area contributed by atoms with E-state index in [1.165, 1.54) is 7.11 Å². The van der Waals surface area contributed by atoms with Crippen molar-refractivity contribution in [3.8, 4) is 0 Å². The van der Waals surface area contributed by atoms with Crippen LogP contribution in [0.25, 0.3) is 0 Å². The van der Waals surface area contributed by atoms with Crippen LogP contribution in [0.2, 0.25) is 0 Å². The Morgan fingerprint density at radius 3 is 2.35 bits per heavy atom. The molecule has 0 aliphatic carbocycles. The number of methoxy groups -OCH3 is 1. The van der Waals surface area contributed by atoms with Crippen LogP contribution in [0.3, 0.4) is 0 Å². The number of nitrogens with zero attached hydrogens (tertiary/aromatic N) is 2. The number of rotatable bonds is 6. The molecule has 2 amide bonds. The maximum atomic E-state index is 13.4. The maximum absolute atomic E-state index is 13.4. The number of amides is 2. The van der Waals surface area contributed by atoms with E-state index in [2.05, 4.69) is 4.98 Å². The van der Waals surface area contributed by atoms with Gasteiger partial charge in [0.05, 0.1) is 12.7 Å². The minimum Gasteiger partial charge on any atom is -0.465 e. The van der Waals surface area contributed by atoms with E-state index < -0.39 is 5.97 Å². The molecule has 0 saturated carbocycles. The molecular formula is C24H31N3O4. The molecule has 1 aliphatic rings. The Morgan fingerprint density at radius 1 is 1.13 bits per heavy atom. The number of likely N-dealkylation sites (tertiary alicyclic amines) is 1. The highest BCUT2D eigenvalue weighted by molar-refractivity contribution is 6.00. The molecule has 1 aliphatic heterocycles. The Kier molecular flexibility index (Phi) is 7.15. The first-order chi connectivity index (χ1) is 14.9. The molecule has 7 nitrogen and oxygen atoms in total. The highest BCUT2D eigenvalue weighted by Gasteiger charge is 2.32. The van der Waals surface area contributed by atoms with Gasteiger partial charge in [0, 0.05) is 36.9 Å². The molecule has 2 aromatic rings. The van der Waals surface area contributed by atoms with Crippen LogP contribution in [0.15, 0.2) is 30.3 Å². The fourth-order valence-electron chi connectivity index (χ4n) is 4.35. The maximum Gasteiger partial charge on any atom is 0.339 e. The van der Waals surface area contributed by atoms with E-state index >= 15 is 0 Å². The molecule has 166 valence electrons. The van der Waals surface area contributed by atoms with Crippen LogP contribution >= 0.6 is 0 Å². The van der Waals surface area contributed by atoms with Crippen LogP contribution in [-0.4, -0.2) is 65.4 Å². The number of hydrogen-bond donors (Lipinski definition) is 1. The summed E-state index contributed by atoms with van der Waals surface area (Å²) in [5, 5.41) is 0. The zero-order chi connectivity index (χ0) is 22.5. The molecule has 1 aromatic carbocycles. The third-order valence-corrected chi connectivity index (χ3v) is 5.98. The zero-order valence-electron chi connectivity index (χ0n) is 18.7. The predicted molar refractivity (Wildman–Crippen MR) is 118 cm³/mol. The van der Waals surface area contributed by atoms with Gasteiger partial charge in [-0.15, -0.1) is 0 Å². The van der Waals surface area contributed by atoms with E-state index in [1.54, 1.807) is 13.8 Å². The molecule has 2 heterocycles. The lowest BCUT2D eigenvalue weighted by Gasteiger charge is -2.38. The average molecular weight is 426 g/mol. The second kappa shape index (κ2) is 9.81. The second-order valence-corrected chi connectivity index (χ2v) is 8.00. The Balaban J connectivity index is 1.74. The quantitative estimate of drug-likeness (QED) is 0.717. The van der Waals surface area contributed by atoms with E-state index in [0.29, 0.717) is 47.7 Å². The first kappa shape index (κ1) is 22.6. The summed E-state index contributed by atoms with van der Waals surface area (Å²) in [4.78, 5) is 45.1. The van der Waals surface area contributed by atoms with E-state index in [0.717, 1.165) is 19.3 Å². The molecular weight excluding hydrogens is 394 g/mol. The number of nitrogens with one attached hydrogen (secondary N) is 1. The van der Waals surface area contributed by atoms with Gasteiger partial charge in [0.15, 0.2) is 0 Å². The average Bonchev–Trinajstić information content (AvgIpc) is 3.10. The van der Waals surface area contributed by atoms with Crippen LogP contribution in [-0.2, 0) is 4.74 Å². The normalized spacial score (nSPS) is 14.4. The summed E-state index contributed by atoms with van der Waals surface area (Å²) in [6.07, 6.45) is 2.29. The van der Waals surface area contributed by atoms with Crippen LogP contribution < -0.4 is 0 Å². The van der Waals surface area contributed by atoms with Crippen molar-refractivity contribution >= 4 is 17.8 Å². The van der Waals surface area contributed by atoms with Gasteiger partial charge < -0.3 is 19.5 Å². The molecule has 1 N–H and O–H groups in total. The Bertz CT molecular complexity index is 943. The smallest absolute Gasteiger partial charge is 0.339 e. The lowest BCUT2D eigenvalue weighted by molar-refractivity contribution is 0.0515. The summed E-state index contributed by atoms with van der Waals surface area (Å²) >= 11 is 0. The van der Waals surface area contributed by atoms with Crippen LogP contribution in [0.5, 0.6) is 0 Å². The van der Waals surface area contributed by atoms with Crippen molar-refractivity contribution in [2.24, 2.45) is 0 Å². The monoisotopic (exact) mass is 425 g/mol. The molecule has 7 heteroatoms. The first-order valence-electron chi connectivity index (χ1n) is 10.8. The van der Waals surface area contributed by atoms with Gasteiger partial charge in [0.25, 0.3) is 11.8 Å². The van der Waals surface area contributed by atoms with Crippen molar-refractivity contribution in [3.05, 3.63) is 58.4 Å². The molecule has 0 radical (unpaired) electrons. The van der Waals surface area contributed by atoms with Crippen molar-refractivity contribution in [2.75, 3.05) is 26.7 Å². The topological polar surface area (TPSA) is 82.7 Å². The number of H-pyrrole nitrogens is 1.